The molecule has 1 aliphatic rings. The number of methoxy groups -OCH3 is 1. The summed E-state index contributed by atoms with van der Waals surface area (Å²) < 4.78 is 5.33. The predicted molar refractivity (Wildman–Crippen MR) is 95.0 cm³/mol. The fourth-order valence-corrected chi connectivity index (χ4v) is 3.51. The van der Waals surface area contributed by atoms with Gasteiger partial charge in [0.15, 0.2) is 0 Å². The Bertz CT molecular complexity index is 704. The van der Waals surface area contributed by atoms with E-state index < -0.39 is 0 Å². The van der Waals surface area contributed by atoms with Crippen molar-refractivity contribution in [1.82, 2.24) is 10.3 Å². The normalized spacial score (nSPS) is 16.1. The second-order valence-electron chi connectivity index (χ2n) is 6.62. The molecule has 1 aliphatic carbocycles. The minimum atomic E-state index is -0.206. The van der Waals surface area contributed by atoms with Gasteiger partial charge in [-0.15, -0.1) is 0 Å². The molecule has 0 bridgehead atoms. The summed E-state index contributed by atoms with van der Waals surface area (Å²) in [4.78, 5) is 17.0. The number of aromatic nitrogens is 1. The van der Waals surface area contributed by atoms with Crippen LogP contribution >= 0.6 is 0 Å². The van der Waals surface area contributed by atoms with Crippen molar-refractivity contribution < 1.29 is 9.53 Å². The Morgan fingerprint density at radius 3 is 2.54 bits per heavy atom. The number of carbonyl (C=O) groups is 1. The summed E-state index contributed by atoms with van der Waals surface area (Å²) in [7, 11) is 1.69. The molecule has 4 nitrogen and oxygen atoms in total. The Morgan fingerprint density at radius 1 is 1.21 bits per heavy atom. The van der Waals surface area contributed by atoms with Crippen LogP contribution in [0.1, 0.15) is 41.6 Å². The number of carbonyl (C=O) groups excluding carboxylic acids is 1. The molecule has 1 aromatic carbocycles. The Balaban J connectivity index is 1.76. The van der Waals surface area contributed by atoms with Crippen molar-refractivity contribution in [3.63, 3.8) is 0 Å². The van der Waals surface area contributed by atoms with Gasteiger partial charge in [0.2, 0.25) is 0 Å². The molecule has 3 rings (SSSR count). The monoisotopic (exact) mass is 324 g/mol. The standard InChI is InChI=1S/C20H24N2O2/c1-15-6-5-13-21-18(15)16-7-9-17(10-8-16)19(23)22-20(14-24-2)11-3-4-12-20/h5-10,13H,3-4,11-12,14H2,1-2H3,(H,22,23). The first kappa shape index (κ1) is 16.7. The van der Waals surface area contributed by atoms with E-state index >= 15 is 0 Å². The largest absolute Gasteiger partial charge is 0.382 e. The van der Waals surface area contributed by atoms with Crippen molar-refractivity contribution in [2.45, 2.75) is 38.1 Å². The lowest BCUT2D eigenvalue weighted by Gasteiger charge is -2.29. The number of rotatable bonds is 5. The lowest BCUT2D eigenvalue weighted by molar-refractivity contribution is 0.0767. The molecule has 0 radical (unpaired) electrons. The molecule has 1 heterocycles. The van der Waals surface area contributed by atoms with Crippen LogP contribution in [0.15, 0.2) is 42.6 Å². The van der Waals surface area contributed by atoms with Crippen LogP contribution in [0.3, 0.4) is 0 Å². The molecule has 0 aliphatic heterocycles. The van der Waals surface area contributed by atoms with Crippen molar-refractivity contribution in [2.24, 2.45) is 0 Å². The van der Waals surface area contributed by atoms with Crippen molar-refractivity contribution in [3.05, 3.63) is 53.7 Å². The van der Waals surface area contributed by atoms with E-state index in [9.17, 15) is 4.79 Å². The summed E-state index contributed by atoms with van der Waals surface area (Å²) in [6, 6.07) is 11.6. The van der Waals surface area contributed by atoms with Crippen LogP contribution in [0.25, 0.3) is 11.3 Å². The van der Waals surface area contributed by atoms with E-state index in [-0.39, 0.29) is 11.4 Å². The molecule has 0 saturated heterocycles. The first-order valence-corrected chi connectivity index (χ1v) is 8.47. The van der Waals surface area contributed by atoms with Crippen LogP contribution in [0.5, 0.6) is 0 Å². The summed E-state index contributed by atoms with van der Waals surface area (Å²) in [6.07, 6.45) is 6.04. The minimum absolute atomic E-state index is 0.0294. The van der Waals surface area contributed by atoms with E-state index in [0.717, 1.165) is 42.5 Å². The molecule has 1 amide bonds. The van der Waals surface area contributed by atoms with Crippen LogP contribution in [0, 0.1) is 6.92 Å². The van der Waals surface area contributed by atoms with E-state index in [2.05, 4.69) is 10.3 Å². The molecule has 1 saturated carbocycles. The maximum atomic E-state index is 12.6. The predicted octanol–water partition coefficient (Wildman–Crippen LogP) is 3.75. The topological polar surface area (TPSA) is 51.2 Å². The highest BCUT2D eigenvalue weighted by atomic mass is 16.5. The molecule has 0 spiro atoms. The van der Waals surface area contributed by atoms with Crippen molar-refractivity contribution in [2.75, 3.05) is 13.7 Å². The van der Waals surface area contributed by atoms with E-state index in [1.54, 1.807) is 13.3 Å². The Morgan fingerprint density at radius 2 is 1.92 bits per heavy atom. The van der Waals surface area contributed by atoms with E-state index in [1.807, 2.05) is 43.3 Å². The highest BCUT2D eigenvalue weighted by Gasteiger charge is 2.35. The highest BCUT2D eigenvalue weighted by molar-refractivity contribution is 5.95. The molecule has 2 aromatic rings. The van der Waals surface area contributed by atoms with Crippen molar-refractivity contribution in [3.8, 4) is 11.3 Å². The van der Waals surface area contributed by atoms with Crippen molar-refractivity contribution in [1.29, 1.82) is 0 Å². The molecule has 126 valence electrons. The molecular formula is C20H24N2O2. The summed E-state index contributed by atoms with van der Waals surface area (Å²) in [6.45, 7) is 2.61. The number of aryl methyl sites for hydroxylation is 1. The molecule has 1 aromatic heterocycles. The molecule has 4 heteroatoms. The molecular weight excluding hydrogens is 300 g/mol. The first-order chi connectivity index (χ1) is 11.6. The number of amides is 1. The maximum Gasteiger partial charge on any atom is 0.251 e. The zero-order chi connectivity index (χ0) is 17.0. The van der Waals surface area contributed by atoms with Crippen LogP contribution in [-0.4, -0.2) is 30.1 Å². The number of pyridine rings is 1. The van der Waals surface area contributed by atoms with Gasteiger partial charge in [-0.05, 0) is 43.5 Å². The number of benzene rings is 1. The summed E-state index contributed by atoms with van der Waals surface area (Å²) >= 11 is 0. The zero-order valence-corrected chi connectivity index (χ0v) is 14.3. The smallest absolute Gasteiger partial charge is 0.251 e. The van der Waals surface area contributed by atoms with Gasteiger partial charge in [-0.1, -0.05) is 31.0 Å². The van der Waals surface area contributed by atoms with Gasteiger partial charge >= 0.3 is 0 Å². The summed E-state index contributed by atoms with van der Waals surface area (Å²) in [5.74, 6) is -0.0294. The van der Waals surface area contributed by atoms with Gasteiger partial charge in [0.1, 0.15) is 0 Å². The lowest BCUT2D eigenvalue weighted by atomic mass is 9.97. The second-order valence-corrected chi connectivity index (χ2v) is 6.62. The van der Waals surface area contributed by atoms with Gasteiger partial charge in [0, 0.05) is 24.4 Å². The molecule has 0 unspecified atom stereocenters. The quantitative estimate of drug-likeness (QED) is 0.911. The van der Waals surface area contributed by atoms with Gasteiger partial charge in [0.25, 0.3) is 5.91 Å². The number of ether oxygens (including phenoxy) is 1. The summed E-state index contributed by atoms with van der Waals surface area (Å²) in [5, 5.41) is 3.20. The van der Waals surface area contributed by atoms with Gasteiger partial charge in [-0.25, -0.2) is 0 Å². The Labute approximate surface area is 143 Å². The third-order valence-electron chi connectivity index (χ3n) is 4.79. The number of hydrogen-bond acceptors (Lipinski definition) is 3. The third kappa shape index (κ3) is 3.49. The average Bonchev–Trinajstić information content (AvgIpc) is 3.04. The highest BCUT2D eigenvalue weighted by Crippen LogP contribution is 2.30. The Kier molecular flexibility index (Phi) is 4.95. The first-order valence-electron chi connectivity index (χ1n) is 8.47. The van der Waals surface area contributed by atoms with Crippen LogP contribution in [0.4, 0.5) is 0 Å². The molecule has 1 N–H and O–H groups in total. The van der Waals surface area contributed by atoms with Crippen LogP contribution in [-0.2, 0) is 4.74 Å². The lowest BCUT2D eigenvalue weighted by Crippen LogP contribution is -2.49. The van der Waals surface area contributed by atoms with Gasteiger partial charge in [0.05, 0.1) is 17.8 Å². The molecule has 24 heavy (non-hydrogen) atoms. The zero-order valence-electron chi connectivity index (χ0n) is 14.3. The fourth-order valence-electron chi connectivity index (χ4n) is 3.51. The maximum absolute atomic E-state index is 12.6. The SMILES string of the molecule is COCC1(NC(=O)c2ccc(-c3ncccc3C)cc2)CCCC1. The Hall–Kier alpha value is -2.20. The molecule has 1 fully saturated rings. The average molecular weight is 324 g/mol. The molecule has 0 atom stereocenters. The van der Waals surface area contributed by atoms with E-state index in [1.165, 1.54) is 0 Å². The fraction of sp³-hybridized carbons (Fsp3) is 0.400. The van der Waals surface area contributed by atoms with E-state index in [0.29, 0.717) is 12.2 Å². The summed E-state index contributed by atoms with van der Waals surface area (Å²) in [5.41, 5.74) is 3.57. The van der Waals surface area contributed by atoms with Gasteiger partial charge in [-0.2, -0.15) is 0 Å². The number of nitrogens with zero attached hydrogens (tertiary/aromatic N) is 1. The van der Waals surface area contributed by atoms with Crippen LogP contribution < -0.4 is 5.32 Å². The second kappa shape index (κ2) is 7.14. The van der Waals surface area contributed by atoms with Crippen LogP contribution in [0.2, 0.25) is 0 Å². The van der Waals surface area contributed by atoms with Gasteiger partial charge < -0.3 is 10.1 Å². The minimum Gasteiger partial charge on any atom is -0.382 e. The number of nitrogens with one attached hydrogen (secondary N) is 1. The van der Waals surface area contributed by atoms with Crippen molar-refractivity contribution >= 4 is 5.91 Å². The van der Waals surface area contributed by atoms with Gasteiger partial charge in [-0.3, -0.25) is 9.78 Å². The number of hydrogen-bond donors (Lipinski definition) is 1. The van der Waals surface area contributed by atoms with E-state index in [4.69, 9.17) is 4.74 Å². The third-order valence-corrected chi connectivity index (χ3v) is 4.79.